The van der Waals surface area contributed by atoms with Gasteiger partial charge in [0.15, 0.2) is 0 Å². The molecule has 0 aliphatic heterocycles. The molecule has 8 nitrogen and oxygen atoms in total. The molecule has 0 atom stereocenters. The Balaban J connectivity index is 1.64. The highest BCUT2D eigenvalue weighted by atomic mass is 32.2. The SMILES string of the molecule is NC(=O)NC(=O)CCSc1nnc(-c2c[nH]c3ccccc23)o1. The minimum atomic E-state index is -0.862. The Labute approximate surface area is 134 Å². The number of carbonyl (C=O) groups excluding carboxylic acids is 2. The van der Waals surface area contributed by atoms with E-state index in [0.717, 1.165) is 16.5 Å². The van der Waals surface area contributed by atoms with Gasteiger partial charge in [0, 0.05) is 29.3 Å². The fourth-order valence-electron chi connectivity index (χ4n) is 2.06. The Morgan fingerprint density at radius 3 is 2.96 bits per heavy atom. The quantitative estimate of drug-likeness (QED) is 0.613. The Bertz CT molecular complexity index is 857. The number of carbonyl (C=O) groups is 2. The molecule has 0 saturated carbocycles. The second-order valence-electron chi connectivity index (χ2n) is 4.63. The summed E-state index contributed by atoms with van der Waals surface area (Å²) in [7, 11) is 0. The molecule has 0 aliphatic rings. The zero-order valence-electron chi connectivity index (χ0n) is 11.9. The zero-order chi connectivity index (χ0) is 16.2. The number of nitrogens with one attached hydrogen (secondary N) is 2. The molecule has 3 aromatic rings. The molecule has 0 fully saturated rings. The van der Waals surface area contributed by atoms with E-state index in [2.05, 4.69) is 15.2 Å². The topological polar surface area (TPSA) is 127 Å². The number of urea groups is 1. The van der Waals surface area contributed by atoms with Crippen LogP contribution in [0.3, 0.4) is 0 Å². The summed E-state index contributed by atoms with van der Waals surface area (Å²) in [5.74, 6) is 0.363. The largest absolute Gasteiger partial charge is 0.411 e. The molecule has 0 unspecified atom stereocenters. The number of amides is 3. The van der Waals surface area contributed by atoms with Gasteiger partial charge in [0.25, 0.3) is 11.1 Å². The van der Waals surface area contributed by atoms with Crippen molar-refractivity contribution in [3.8, 4) is 11.5 Å². The van der Waals surface area contributed by atoms with Gasteiger partial charge in [-0.15, -0.1) is 10.2 Å². The first-order valence-electron chi connectivity index (χ1n) is 6.75. The van der Waals surface area contributed by atoms with Gasteiger partial charge in [0.1, 0.15) is 0 Å². The van der Waals surface area contributed by atoms with Crippen LogP contribution in [-0.2, 0) is 4.79 Å². The molecule has 23 heavy (non-hydrogen) atoms. The molecule has 1 aromatic carbocycles. The molecule has 4 N–H and O–H groups in total. The second-order valence-corrected chi connectivity index (χ2v) is 5.68. The summed E-state index contributed by atoms with van der Waals surface area (Å²) in [6.45, 7) is 0. The van der Waals surface area contributed by atoms with Crippen LogP contribution in [0.4, 0.5) is 4.79 Å². The second kappa shape index (κ2) is 6.53. The van der Waals surface area contributed by atoms with Crippen LogP contribution >= 0.6 is 11.8 Å². The highest BCUT2D eigenvalue weighted by molar-refractivity contribution is 7.99. The molecule has 9 heteroatoms. The molecule has 0 bridgehead atoms. The molecule has 118 valence electrons. The van der Waals surface area contributed by atoms with E-state index in [0.29, 0.717) is 16.9 Å². The van der Waals surface area contributed by atoms with Crippen molar-refractivity contribution in [1.29, 1.82) is 0 Å². The number of aromatic amines is 1. The van der Waals surface area contributed by atoms with Crippen LogP contribution in [0.1, 0.15) is 6.42 Å². The number of rotatable bonds is 5. The number of primary amides is 1. The van der Waals surface area contributed by atoms with Gasteiger partial charge in [-0.1, -0.05) is 30.0 Å². The summed E-state index contributed by atoms with van der Waals surface area (Å²) in [6, 6.07) is 6.94. The first kappa shape index (κ1) is 15.1. The normalized spacial score (nSPS) is 10.8. The smallest absolute Gasteiger partial charge is 0.318 e. The number of para-hydroxylation sites is 1. The maximum Gasteiger partial charge on any atom is 0.318 e. The predicted molar refractivity (Wildman–Crippen MR) is 84.7 cm³/mol. The van der Waals surface area contributed by atoms with Crippen molar-refractivity contribution in [3.63, 3.8) is 0 Å². The van der Waals surface area contributed by atoms with Crippen LogP contribution < -0.4 is 11.1 Å². The number of imide groups is 1. The lowest BCUT2D eigenvalue weighted by molar-refractivity contribution is -0.119. The summed E-state index contributed by atoms with van der Waals surface area (Å²) in [4.78, 5) is 25.0. The van der Waals surface area contributed by atoms with Gasteiger partial charge in [-0.05, 0) is 6.07 Å². The number of aromatic nitrogens is 3. The number of hydrogen-bond donors (Lipinski definition) is 3. The summed E-state index contributed by atoms with van der Waals surface area (Å²) in [5.41, 5.74) is 6.67. The fourth-order valence-corrected chi connectivity index (χ4v) is 2.75. The molecule has 0 aliphatic carbocycles. The molecule has 0 spiro atoms. The summed E-state index contributed by atoms with van der Waals surface area (Å²) >= 11 is 1.24. The lowest BCUT2D eigenvalue weighted by Crippen LogP contribution is -2.35. The van der Waals surface area contributed by atoms with Crippen LogP contribution in [0.25, 0.3) is 22.4 Å². The van der Waals surface area contributed by atoms with E-state index in [1.807, 2.05) is 35.8 Å². The van der Waals surface area contributed by atoms with Gasteiger partial charge in [0.2, 0.25) is 5.91 Å². The van der Waals surface area contributed by atoms with Crippen molar-refractivity contribution in [2.45, 2.75) is 11.6 Å². The molecular weight excluding hydrogens is 318 g/mol. The number of nitrogens with two attached hydrogens (primary N) is 1. The molecule has 2 aromatic heterocycles. The van der Waals surface area contributed by atoms with Crippen molar-refractivity contribution in [1.82, 2.24) is 20.5 Å². The Kier molecular flexibility index (Phi) is 4.29. The Morgan fingerprint density at radius 2 is 2.13 bits per heavy atom. The average Bonchev–Trinajstić information content (AvgIpc) is 3.12. The highest BCUT2D eigenvalue weighted by Crippen LogP contribution is 2.29. The van der Waals surface area contributed by atoms with E-state index >= 15 is 0 Å². The Hall–Kier alpha value is -2.81. The third kappa shape index (κ3) is 3.51. The van der Waals surface area contributed by atoms with Gasteiger partial charge in [-0.2, -0.15) is 0 Å². The van der Waals surface area contributed by atoms with E-state index in [1.165, 1.54) is 11.8 Å². The number of thioether (sulfide) groups is 1. The lowest BCUT2D eigenvalue weighted by Gasteiger charge is -1.98. The van der Waals surface area contributed by atoms with E-state index in [9.17, 15) is 9.59 Å². The number of nitrogens with zero attached hydrogens (tertiary/aromatic N) is 2. The summed E-state index contributed by atoms with van der Waals surface area (Å²) in [5, 5.41) is 11.3. The van der Waals surface area contributed by atoms with Crippen LogP contribution in [0.2, 0.25) is 0 Å². The third-order valence-electron chi connectivity index (χ3n) is 3.04. The molecule has 3 amide bonds. The van der Waals surface area contributed by atoms with Crippen molar-refractivity contribution in [3.05, 3.63) is 30.5 Å². The van der Waals surface area contributed by atoms with Crippen LogP contribution in [-0.4, -0.2) is 32.9 Å². The number of fused-ring (bicyclic) bond motifs is 1. The van der Waals surface area contributed by atoms with E-state index in [-0.39, 0.29) is 6.42 Å². The maximum atomic E-state index is 11.3. The molecule has 0 saturated heterocycles. The van der Waals surface area contributed by atoms with Crippen molar-refractivity contribution >= 4 is 34.6 Å². The maximum absolute atomic E-state index is 11.3. The monoisotopic (exact) mass is 331 g/mol. The average molecular weight is 331 g/mol. The van der Waals surface area contributed by atoms with Crippen LogP contribution in [0.15, 0.2) is 40.1 Å². The Morgan fingerprint density at radius 1 is 1.30 bits per heavy atom. The number of benzene rings is 1. The number of hydrogen-bond acceptors (Lipinski definition) is 6. The third-order valence-corrected chi connectivity index (χ3v) is 3.86. The summed E-state index contributed by atoms with van der Waals surface area (Å²) in [6.07, 6.45) is 1.94. The number of H-pyrrole nitrogens is 1. The zero-order valence-corrected chi connectivity index (χ0v) is 12.7. The lowest BCUT2D eigenvalue weighted by atomic mass is 10.2. The summed E-state index contributed by atoms with van der Waals surface area (Å²) < 4.78 is 5.60. The van der Waals surface area contributed by atoms with E-state index in [1.54, 1.807) is 0 Å². The van der Waals surface area contributed by atoms with Crippen molar-refractivity contribution < 1.29 is 14.0 Å². The van der Waals surface area contributed by atoms with Gasteiger partial charge in [-0.25, -0.2) is 4.79 Å². The van der Waals surface area contributed by atoms with Gasteiger partial charge < -0.3 is 15.1 Å². The van der Waals surface area contributed by atoms with E-state index < -0.39 is 11.9 Å². The minimum absolute atomic E-state index is 0.123. The molecule has 3 rings (SSSR count). The van der Waals surface area contributed by atoms with Crippen LogP contribution in [0.5, 0.6) is 0 Å². The molecule has 2 heterocycles. The highest BCUT2D eigenvalue weighted by Gasteiger charge is 2.14. The van der Waals surface area contributed by atoms with Crippen molar-refractivity contribution in [2.75, 3.05) is 5.75 Å². The van der Waals surface area contributed by atoms with E-state index in [4.69, 9.17) is 10.2 Å². The van der Waals surface area contributed by atoms with Gasteiger partial charge >= 0.3 is 6.03 Å². The standard InChI is InChI=1S/C14H13N5O3S/c15-13(21)17-11(20)5-6-23-14-19-18-12(22-14)9-7-16-10-4-2-1-3-8(9)10/h1-4,7,16H,5-6H2,(H3,15,17,20,21). The molecular formula is C14H13N5O3S. The molecule has 0 radical (unpaired) electrons. The minimum Gasteiger partial charge on any atom is -0.411 e. The van der Waals surface area contributed by atoms with Gasteiger partial charge in [-0.3, -0.25) is 10.1 Å². The first-order valence-corrected chi connectivity index (χ1v) is 7.74. The van der Waals surface area contributed by atoms with Crippen molar-refractivity contribution in [2.24, 2.45) is 5.73 Å². The van der Waals surface area contributed by atoms with Crippen LogP contribution in [0, 0.1) is 0 Å². The fraction of sp³-hybridized carbons (Fsp3) is 0.143. The first-order chi connectivity index (χ1) is 11.1. The van der Waals surface area contributed by atoms with Gasteiger partial charge in [0.05, 0.1) is 5.56 Å². The predicted octanol–water partition coefficient (Wildman–Crippen LogP) is 1.89.